The van der Waals surface area contributed by atoms with Gasteiger partial charge in [-0.15, -0.1) is 0 Å². The first kappa shape index (κ1) is 9.85. The summed E-state index contributed by atoms with van der Waals surface area (Å²) in [6.07, 6.45) is -0.887. The van der Waals surface area contributed by atoms with Crippen molar-refractivity contribution < 1.29 is 14.7 Å². The molecule has 0 aliphatic heterocycles. The molecular formula is C8H9N3O3. The molecule has 6 heteroatoms. The van der Waals surface area contributed by atoms with Crippen molar-refractivity contribution in [3.8, 4) is 5.75 Å². The van der Waals surface area contributed by atoms with Crippen LogP contribution < -0.4 is 16.2 Å². The quantitative estimate of drug-likeness (QED) is 0.271. The second-order valence-electron chi connectivity index (χ2n) is 2.43. The van der Waals surface area contributed by atoms with Crippen molar-refractivity contribution in [1.29, 1.82) is 0 Å². The van der Waals surface area contributed by atoms with Crippen molar-refractivity contribution in [2.45, 2.75) is 0 Å². The van der Waals surface area contributed by atoms with Gasteiger partial charge in [-0.05, 0) is 24.3 Å². The van der Waals surface area contributed by atoms with E-state index in [4.69, 9.17) is 16.7 Å². The highest BCUT2D eigenvalue weighted by Gasteiger charge is 2.01. The number of hydrogen-bond donors (Lipinski definition) is 3. The van der Waals surface area contributed by atoms with Crippen LogP contribution in [0.4, 0.5) is 4.79 Å². The number of amides is 1. The Morgan fingerprint density at radius 2 is 1.86 bits per heavy atom. The van der Waals surface area contributed by atoms with Crippen molar-refractivity contribution in [3.63, 3.8) is 0 Å². The third-order valence-corrected chi connectivity index (χ3v) is 1.48. The third kappa shape index (κ3) is 2.37. The topological polar surface area (TPSA) is 111 Å². The molecule has 1 aromatic rings. The molecule has 0 spiro atoms. The Hall–Kier alpha value is -2.24. The fourth-order valence-corrected chi connectivity index (χ4v) is 0.868. The number of amidine groups is 1. The van der Waals surface area contributed by atoms with Gasteiger partial charge >= 0.3 is 6.09 Å². The van der Waals surface area contributed by atoms with E-state index in [9.17, 15) is 4.79 Å². The maximum Gasteiger partial charge on any atom is 0.409 e. The van der Waals surface area contributed by atoms with E-state index >= 15 is 0 Å². The molecule has 0 fully saturated rings. The number of rotatable bonds is 2. The lowest BCUT2D eigenvalue weighted by Gasteiger charge is -2.01. The monoisotopic (exact) mass is 195 g/mol. The van der Waals surface area contributed by atoms with Gasteiger partial charge in [-0.1, -0.05) is 5.16 Å². The van der Waals surface area contributed by atoms with Crippen LogP contribution in [-0.4, -0.2) is 17.1 Å². The molecule has 0 saturated carbocycles. The summed E-state index contributed by atoms with van der Waals surface area (Å²) in [4.78, 5) is 10.4. The minimum atomic E-state index is -0.887. The lowest BCUT2D eigenvalue weighted by atomic mass is 10.2. The Bertz CT molecular complexity index is 359. The van der Waals surface area contributed by atoms with Crippen LogP contribution in [0.2, 0.25) is 0 Å². The van der Waals surface area contributed by atoms with Gasteiger partial charge in [-0.2, -0.15) is 0 Å². The highest BCUT2D eigenvalue weighted by Crippen LogP contribution is 2.11. The molecule has 6 nitrogen and oxygen atoms in total. The molecule has 74 valence electrons. The zero-order valence-electron chi connectivity index (χ0n) is 7.18. The lowest BCUT2D eigenvalue weighted by molar-refractivity contribution is 0.211. The van der Waals surface area contributed by atoms with Crippen LogP contribution in [0.25, 0.3) is 0 Å². The summed E-state index contributed by atoms with van der Waals surface area (Å²) in [5.74, 6) is 0.280. The Morgan fingerprint density at radius 1 is 1.29 bits per heavy atom. The fourth-order valence-electron chi connectivity index (χ4n) is 0.868. The number of ether oxygens (including phenoxy) is 1. The number of oxime groups is 1. The first-order valence-corrected chi connectivity index (χ1v) is 3.68. The standard InChI is InChI=1S/C8H9N3O3/c9-7(11-13)5-1-3-6(4-2-5)14-8(10)12/h1-4,13H,(H2,9,11)(H2,10,12). The van der Waals surface area contributed by atoms with Crippen molar-refractivity contribution in [3.05, 3.63) is 29.8 Å². The molecule has 0 bridgehead atoms. The minimum Gasteiger partial charge on any atom is -0.411 e. The van der Waals surface area contributed by atoms with Gasteiger partial charge in [0.15, 0.2) is 5.84 Å². The molecule has 0 saturated heterocycles. The van der Waals surface area contributed by atoms with E-state index in [1.807, 2.05) is 0 Å². The first-order valence-electron chi connectivity index (χ1n) is 3.68. The average Bonchev–Trinajstić information content (AvgIpc) is 2.17. The predicted molar refractivity (Wildman–Crippen MR) is 49.2 cm³/mol. The van der Waals surface area contributed by atoms with Crippen molar-refractivity contribution in [1.82, 2.24) is 0 Å². The van der Waals surface area contributed by atoms with Gasteiger partial charge in [-0.3, -0.25) is 0 Å². The third-order valence-electron chi connectivity index (χ3n) is 1.48. The predicted octanol–water partition coefficient (Wildman–Crippen LogP) is 0.239. The number of primary amides is 1. The molecule has 0 heterocycles. The molecule has 1 aromatic carbocycles. The first-order chi connectivity index (χ1) is 6.63. The van der Waals surface area contributed by atoms with E-state index in [1.54, 1.807) is 0 Å². The summed E-state index contributed by atoms with van der Waals surface area (Å²) in [5, 5.41) is 11.2. The summed E-state index contributed by atoms with van der Waals surface area (Å²) in [6.45, 7) is 0. The number of benzene rings is 1. The summed E-state index contributed by atoms with van der Waals surface area (Å²) in [6, 6.07) is 6.04. The van der Waals surface area contributed by atoms with Crippen molar-refractivity contribution in [2.75, 3.05) is 0 Å². The van der Waals surface area contributed by atoms with Gasteiger partial charge in [0.25, 0.3) is 0 Å². The van der Waals surface area contributed by atoms with Crippen LogP contribution in [0.1, 0.15) is 5.56 Å². The van der Waals surface area contributed by atoms with Crippen LogP contribution in [0.15, 0.2) is 29.4 Å². The molecule has 0 aromatic heterocycles. The average molecular weight is 195 g/mol. The van der Waals surface area contributed by atoms with E-state index in [0.29, 0.717) is 11.3 Å². The number of carbonyl (C=O) groups excluding carboxylic acids is 1. The molecule has 1 rings (SSSR count). The number of nitrogens with two attached hydrogens (primary N) is 2. The van der Waals surface area contributed by atoms with E-state index in [2.05, 4.69) is 9.89 Å². The lowest BCUT2D eigenvalue weighted by Crippen LogP contribution is -2.16. The van der Waals surface area contributed by atoms with E-state index < -0.39 is 6.09 Å². The highest BCUT2D eigenvalue weighted by molar-refractivity contribution is 5.97. The second kappa shape index (κ2) is 4.13. The van der Waals surface area contributed by atoms with Crippen LogP contribution in [0.3, 0.4) is 0 Å². The smallest absolute Gasteiger partial charge is 0.409 e. The van der Waals surface area contributed by atoms with Gasteiger partial charge in [-0.25, -0.2) is 4.79 Å². The molecule has 0 atom stereocenters. The maximum absolute atomic E-state index is 10.4. The fraction of sp³-hybridized carbons (Fsp3) is 0. The number of hydrogen-bond acceptors (Lipinski definition) is 4. The van der Waals surface area contributed by atoms with Gasteiger partial charge in [0.2, 0.25) is 0 Å². The molecule has 0 unspecified atom stereocenters. The number of nitrogens with zero attached hydrogens (tertiary/aromatic N) is 1. The highest BCUT2D eigenvalue weighted by atomic mass is 16.5. The van der Waals surface area contributed by atoms with Gasteiger partial charge in [0, 0.05) is 5.56 Å². The van der Waals surface area contributed by atoms with Crippen LogP contribution >= 0.6 is 0 Å². The Kier molecular flexibility index (Phi) is 2.90. The Morgan fingerprint density at radius 3 is 2.29 bits per heavy atom. The Balaban J connectivity index is 2.83. The largest absolute Gasteiger partial charge is 0.411 e. The molecule has 0 aliphatic rings. The molecule has 14 heavy (non-hydrogen) atoms. The number of carbonyl (C=O) groups is 1. The minimum absolute atomic E-state index is 0.0179. The molecule has 0 aliphatic carbocycles. The van der Waals surface area contributed by atoms with Crippen molar-refractivity contribution >= 4 is 11.9 Å². The maximum atomic E-state index is 10.4. The summed E-state index contributed by atoms with van der Waals surface area (Å²) in [5.41, 5.74) is 10.6. The van der Waals surface area contributed by atoms with Gasteiger partial charge < -0.3 is 21.4 Å². The summed E-state index contributed by atoms with van der Waals surface area (Å²) < 4.78 is 4.58. The summed E-state index contributed by atoms with van der Waals surface area (Å²) in [7, 11) is 0. The normalized spacial score (nSPS) is 11.0. The van der Waals surface area contributed by atoms with Crippen LogP contribution in [-0.2, 0) is 0 Å². The molecule has 5 N–H and O–H groups in total. The van der Waals surface area contributed by atoms with E-state index in [1.165, 1.54) is 24.3 Å². The zero-order valence-corrected chi connectivity index (χ0v) is 7.18. The van der Waals surface area contributed by atoms with E-state index in [-0.39, 0.29) is 5.84 Å². The molecular weight excluding hydrogens is 186 g/mol. The van der Waals surface area contributed by atoms with Gasteiger partial charge in [0.1, 0.15) is 5.75 Å². The SMILES string of the molecule is NC(=O)Oc1ccc(C(N)=NO)cc1. The van der Waals surface area contributed by atoms with Gasteiger partial charge in [0.05, 0.1) is 0 Å². The molecule has 0 radical (unpaired) electrons. The summed E-state index contributed by atoms with van der Waals surface area (Å²) >= 11 is 0. The zero-order chi connectivity index (χ0) is 10.6. The second-order valence-corrected chi connectivity index (χ2v) is 2.43. The van der Waals surface area contributed by atoms with Crippen molar-refractivity contribution in [2.24, 2.45) is 16.6 Å². The van der Waals surface area contributed by atoms with E-state index in [0.717, 1.165) is 0 Å². The molecule has 1 amide bonds. The Labute approximate surface area is 79.8 Å². The van der Waals surface area contributed by atoms with Crippen LogP contribution in [0, 0.1) is 0 Å². The van der Waals surface area contributed by atoms with Crippen LogP contribution in [0.5, 0.6) is 5.75 Å².